The Kier molecular flexibility index (Phi) is 2.93. The lowest BCUT2D eigenvalue weighted by Crippen LogP contribution is -2.09. The molecule has 0 atom stereocenters. The number of anilines is 2. The second kappa shape index (κ2) is 4.63. The van der Waals surface area contributed by atoms with Gasteiger partial charge in [0, 0.05) is 50.3 Å². The highest BCUT2D eigenvalue weighted by molar-refractivity contribution is 6.05. The van der Waals surface area contributed by atoms with Crippen LogP contribution in [-0.4, -0.2) is 38.4 Å². The molecule has 0 saturated heterocycles. The van der Waals surface area contributed by atoms with E-state index in [0.29, 0.717) is 0 Å². The van der Waals surface area contributed by atoms with Crippen molar-refractivity contribution < 1.29 is 0 Å². The van der Waals surface area contributed by atoms with Crippen molar-refractivity contribution in [1.82, 2.24) is 10.2 Å². The summed E-state index contributed by atoms with van der Waals surface area (Å²) in [5.41, 5.74) is 4.13. The van der Waals surface area contributed by atoms with Crippen LogP contribution in [0.25, 0.3) is 21.8 Å². The zero-order chi connectivity index (χ0) is 14.3. The summed E-state index contributed by atoms with van der Waals surface area (Å²) in [6.07, 6.45) is 0. The van der Waals surface area contributed by atoms with Gasteiger partial charge in [-0.2, -0.15) is 0 Å². The van der Waals surface area contributed by atoms with E-state index in [4.69, 9.17) is 0 Å². The zero-order valence-corrected chi connectivity index (χ0v) is 12.3. The van der Waals surface area contributed by atoms with Gasteiger partial charge in [0.2, 0.25) is 0 Å². The minimum absolute atomic E-state index is 0.932. The van der Waals surface area contributed by atoms with Gasteiger partial charge in [-0.1, -0.05) is 12.1 Å². The second-order valence-electron chi connectivity index (χ2n) is 5.39. The van der Waals surface area contributed by atoms with Crippen LogP contribution in [0.2, 0.25) is 0 Å². The van der Waals surface area contributed by atoms with E-state index in [-0.39, 0.29) is 0 Å². The number of fused-ring (bicyclic) bond motifs is 3. The maximum absolute atomic E-state index is 4.36. The van der Waals surface area contributed by atoms with Gasteiger partial charge in [-0.15, -0.1) is 10.2 Å². The first-order valence-electron chi connectivity index (χ1n) is 6.61. The van der Waals surface area contributed by atoms with Crippen molar-refractivity contribution in [2.24, 2.45) is 0 Å². The normalized spacial score (nSPS) is 11.0. The van der Waals surface area contributed by atoms with E-state index in [1.165, 1.54) is 0 Å². The lowest BCUT2D eigenvalue weighted by atomic mass is 10.1. The number of hydrogen-bond donors (Lipinski definition) is 0. The highest BCUT2D eigenvalue weighted by atomic mass is 15.1. The Labute approximate surface area is 118 Å². The fourth-order valence-corrected chi connectivity index (χ4v) is 2.33. The topological polar surface area (TPSA) is 32.3 Å². The molecule has 0 aliphatic carbocycles. The van der Waals surface area contributed by atoms with Crippen LogP contribution in [0.3, 0.4) is 0 Å². The lowest BCUT2D eigenvalue weighted by molar-refractivity contribution is 1.10. The van der Waals surface area contributed by atoms with E-state index in [1.807, 2.05) is 28.2 Å². The summed E-state index contributed by atoms with van der Waals surface area (Å²) in [5.74, 6) is 0. The molecule has 3 aromatic rings. The number of hydrogen-bond acceptors (Lipinski definition) is 4. The Hall–Kier alpha value is -2.36. The number of aromatic nitrogens is 2. The summed E-state index contributed by atoms with van der Waals surface area (Å²) in [5, 5.41) is 11.0. The van der Waals surface area contributed by atoms with E-state index < -0.39 is 0 Å². The summed E-state index contributed by atoms with van der Waals surface area (Å²) >= 11 is 0. The molecule has 0 saturated carbocycles. The van der Waals surface area contributed by atoms with Crippen molar-refractivity contribution in [1.29, 1.82) is 0 Å². The van der Waals surface area contributed by atoms with Crippen molar-refractivity contribution in [2.45, 2.75) is 0 Å². The molecule has 0 aliphatic heterocycles. The summed E-state index contributed by atoms with van der Waals surface area (Å²) in [6.45, 7) is 0. The molecule has 4 heteroatoms. The van der Waals surface area contributed by atoms with Crippen molar-refractivity contribution in [3.63, 3.8) is 0 Å². The molecule has 20 heavy (non-hydrogen) atoms. The average molecular weight is 266 g/mol. The minimum atomic E-state index is 0.932. The molecule has 1 aromatic heterocycles. The van der Waals surface area contributed by atoms with Gasteiger partial charge in [0.1, 0.15) is 0 Å². The molecule has 0 unspecified atom stereocenters. The van der Waals surface area contributed by atoms with Crippen LogP contribution in [0.4, 0.5) is 11.4 Å². The summed E-state index contributed by atoms with van der Waals surface area (Å²) in [4.78, 5) is 4.14. The highest BCUT2D eigenvalue weighted by Crippen LogP contribution is 2.27. The van der Waals surface area contributed by atoms with Gasteiger partial charge in [-0.3, -0.25) is 0 Å². The quantitative estimate of drug-likeness (QED) is 0.668. The predicted molar refractivity (Wildman–Crippen MR) is 85.7 cm³/mol. The Morgan fingerprint density at radius 3 is 1.40 bits per heavy atom. The molecular weight excluding hydrogens is 248 g/mol. The van der Waals surface area contributed by atoms with E-state index in [9.17, 15) is 0 Å². The van der Waals surface area contributed by atoms with Crippen LogP contribution in [0, 0.1) is 0 Å². The maximum Gasteiger partial charge on any atom is 0.0956 e. The van der Waals surface area contributed by atoms with Crippen LogP contribution >= 0.6 is 0 Å². The number of rotatable bonds is 2. The maximum atomic E-state index is 4.36. The molecule has 102 valence electrons. The third-order valence-electron chi connectivity index (χ3n) is 3.55. The lowest BCUT2D eigenvalue weighted by Gasteiger charge is -2.14. The van der Waals surface area contributed by atoms with Crippen LogP contribution in [-0.2, 0) is 0 Å². The molecule has 0 radical (unpaired) electrons. The van der Waals surface area contributed by atoms with Gasteiger partial charge in [-0.25, -0.2) is 0 Å². The molecule has 0 aliphatic rings. The van der Waals surface area contributed by atoms with Crippen LogP contribution < -0.4 is 9.80 Å². The highest BCUT2D eigenvalue weighted by Gasteiger charge is 2.06. The Bertz CT molecular complexity index is 711. The van der Waals surface area contributed by atoms with E-state index >= 15 is 0 Å². The molecule has 0 N–H and O–H groups in total. The van der Waals surface area contributed by atoms with E-state index in [2.05, 4.69) is 56.4 Å². The molecule has 0 fully saturated rings. The molecule has 2 aromatic carbocycles. The molecule has 0 bridgehead atoms. The molecule has 4 nitrogen and oxygen atoms in total. The van der Waals surface area contributed by atoms with Crippen LogP contribution in [0.15, 0.2) is 36.4 Å². The first-order valence-corrected chi connectivity index (χ1v) is 6.61. The molecule has 3 rings (SSSR count). The standard InChI is InChI=1S/C16H18N4/c1-19(2)11-5-7-13-14-8-6-12(20(3)4)10-16(14)18-17-15(13)9-11/h5-10H,1-4H3. The molecule has 0 spiro atoms. The summed E-state index contributed by atoms with van der Waals surface area (Å²) in [6, 6.07) is 12.6. The fourth-order valence-electron chi connectivity index (χ4n) is 2.33. The Balaban J connectivity index is 2.25. The Morgan fingerprint density at radius 1 is 0.650 bits per heavy atom. The van der Waals surface area contributed by atoms with Crippen molar-refractivity contribution in [2.75, 3.05) is 38.0 Å². The minimum Gasteiger partial charge on any atom is -0.378 e. The van der Waals surface area contributed by atoms with E-state index in [1.54, 1.807) is 0 Å². The van der Waals surface area contributed by atoms with Crippen molar-refractivity contribution >= 4 is 33.2 Å². The van der Waals surface area contributed by atoms with Gasteiger partial charge < -0.3 is 9.80 Å². The average Bonchev–Trinajstić information content (AvgIpc) is 2.45. The monoisotopic (exact) mass is 266 g/mol. The number of benzene rings is 2. The van der Waals surface area contributed by atoms with E-state index in [0.717, 1.165) is 33.2 Å². The van der Waals surface area contributed by atoms with Gasteiger partial charge in [0.05, 0.1) is 11.0 Å². The van der Waals surface area contributed by atoms with Crippen LogP contribution in [0.5, 0.6) is 0 Å². The summed E-state index contributed by atoms with van der Waals surface area (Å²) in [7, 11) is 8.11. The van der Waals surface area contributed by atoms with Gasteiger partial charge in [0.25, 0.3) is 0 Å². The summed E-state index contributed by atoms with van der Waals surface area (Å²) < 4.78 is 0. The van der Waals surface area contributed by atoms with Gasteiger partial charge >= 0.3 is 0 Å². The first-order chi connectivity index (χ1) is 9.56. The van der Waals surface area contributed by atoms with Crippen molar-refractivity contribution in [3.8, 4) is 0 Å². The molecule has 1 heterocycles. The predicted octanol–water partition coefficient (Wildman–Crippen LogP) is 2.92. The smallest absolute Gasteiger partial charge is 0.0956 e. The van der Waals surface area contributed by atoms with Gasteiger partial charge in [-0.05, 0) is 24.3 Å². The van der Waals surface area contributed by atoms with Gasteiger partial charge in [0.15, 0.2) is 0 Å². The number of nitrogens with zero attached hydrogens (tertiary/aromatic N) is 4. The largest absolute Gasteiger partial charge is 0.378 e. The fraction of sp³-hybridized carbons (Fsp3) is 0.250. The van der Waals surface area contributed by atoms with Crippen LogP contribution in [0.1, 0.15) is 0 Å². The third kappa shape index (κ3) is 2.03. The second-order valence-corrected chi connectivity index (χ2v) is 5.39. The third-order valence-corrected chi connectivity index (χ3v) is 3.55. The zero-order valence-electron chi connectivity index (χ0n) is 12.3. The first kappa shape index (κ1) is 12.7. The Morgan fingerprint density at radius 2 is 1.05 bits per heavy atom. The molecular formula is C16H18N4. The SMILES string of the molecule is CN(C)c1ccc2c(c1)nnc1cc(N(C)C)ccc12. The van der Waals surface area contributed by atoms with Crippen molar-refractivity contribution in [3.05, 3.63) is 36.4 Å². The molecule has 0 amide bonds.